The minimum absolute atomic E-state index is 0.143. The number of nitrogens with one attached hydrogen (secondary N) is 1. The highest BCUT2D eigenvalue weighted by atomic mass is 19.1. The molecule has 0 atom stereocenters. The molecule has 0 aliphatic carbocycles. The van der Waals surface area contributed by atoms with Crippen LogP contribution in [-0.2, 0) is 13.1 Å². The van der Waals surface area contributed by atoms with Gasteiger partial charge in [0, 0.05) is 25.5 Å². The van der Waals surface area contributed by atoms with Crippen molar-refractivity contribution in [2.45, 2.75) is 20.0 Å². The van der Waals surface area contributed by atoms with Crippen LogP contribution >= 0.6 is 0 Å². The van der Waals surface area contributed by atoms with Gasteiger partial charge in [0.2, 0.25) is 5.43 Å². The van der Waals surface area contributed by atoms with E-state index in [0.29, 0.717) is 25.2 Å². The van der Waals surface area contributed by atoms with E-state index in [-0.39, 0.29) is 11.1 Å². The van der Waals surface area contributed by atoms with Gasteiger partial charge in [0.15, 0.2) is 5.69 Å². The van der Waals surface area contributed by atoms with Gasteiger partial charge in [0.05, 0.1) is 17.4 Å². The Balaban J connectivity index is 1.89. The Morgan fingerprint density at radius 2 is 2.21 bits per heavy atom. The molecular weight excluding hydrogens is 313 g/mol. The van der Waals surface area contributed by atoms with E-state index in [4.69, 9.17) is 0 Å². The molecular formula is C16H16FN5O2. The van der Waals surface area contributed by atoms with E-state index in [1.165, 1.54) is 16.8 Å². The molecule has 1 amide bonds. The maximum atomic E-state index is 13.5. The number of carbonyl (C=O) groups excluding carboxylic acids is 1. The number of carbonyl (C=O) groups is 1. The van der Waals surface area contributed by atoms with Crippen molar-refractivity contribution in [1.82, 2.24) is 24.9 Å². The highest BCUT2D eigenvalue weighted by molar-refractivity contribution is 5.95. The van der Waals surface area contributed by atoms with Crippen molar-refractivity contribution in [1.29, 1.82) is 0 Å². The second-order valence-corrected chi connectivity index (χ2v) is 5.18. The van der Waals surface area contributed by atoms with Crippen LogP contribution in [0.5, 0.6) is 0 Å². The molecule has 2 heterocycles. The van der Waals surface area contributed by atoms with Crippen LogP contribution in [0.4, 0.5) is 4.39 Å². The van der Waals surface area contributed by atoms with Gasteiger partial charge in [-0.15, -0.1) is 0 Å². The normalized spacial score (nSPS) is 10.9. The topological polar surface area (TPSA) is 81.8 Å². The van der Waals surface area contributed by atoms with Gasteiger partial charge in [-0.05, 0) is 31.2 Å². The van der Waals surface area contributed by atoms with Crippen LogP contribution in [0.15, 0.2) is 41.5 Å². The zero-order chi connectivity index (χ0) is 17.1. The third-order valence-corrected chi connectivity index (χ3v) is 3.62. The fraction of sp³-hybridized carbons (Fsp3) is 0.250. The van der Waals surface area contributed by atoms with Crippen molar-refractivity contribution >= 4 is 16.8 Å². The number of aryl methyl sites for hydroxylation is 1. The van der Waals surface area contributed by atoms with E-state index >= 15 is 0 Å². The van der Waals surface area contributed by atoms with Crippen molar-refractivity contribution in [2.24, 2.45) is 0 Å². The Labute approximate surface area is 136 Å². The molecule has 0 spiro atoms. The molecule has 7 nitrogen and oxygen atoms in total. The second-order valence-electron chi connectivity index (χ2n) is 5.18. The van der Waals surface area contributed by atoms with Gasteiger partial charge in [0.25, 0.3) is 5.91 Å². The summed E-state index contributed by atoms with van der Waals surface area (Å²) in [5.74, 6) is -1.11. The summed E-state index contributed by atoms with van der Waals surface area (Å²) < 4.78 is 16.6. The molecule has 2 aromatic heterocycles. The summed E-state index contributed by atoms with van der Waals surface area (Å²) in [6.07, 6.45) is 3.41. The molecule has 8 heteroatoms. The van der Waals surface area contributed by atoms with Crippen molar-refractivity contribution in [3.8, 4) is 0 Å². The maximum absolute atomic E-state index is 13.5. The molecule has 3 rings (SSSR count). The first-order chi connectivity index (χ1) is 11.6. The molecule has 0 saturated heterocycles. The second kappa shape index (κ2) is 6.61. The Kier molecular flexibility index (Phi) is 4.37. The molecule has 0 bridgehead atoms. The lowest BCUT2D eigenvalue weighted by Gasteiger charge is -2.10. The molecule has 0 unspecified atom stereocenters. The highest BCUT2D eigenvalue weighted by Crippen LogP contribution is 2.12. The predicted octanol–water partition coefficient (Wildman–Crippen LogP) is 1.18. The molecule has 0 radical (unpaired) electrons. The fourth-order valence-electron chi connectivity index (χ4n) is 2.45. The van der Waals surface area contributed by atoms with Crippen molar-refractivity contribution in [2.75, 3.05) is 6.54 Å². The number of halogens is 1. The van der Waals surface area contributed by atoms with Crippen molar-refractivity contribution in [3.05, 3.63) is 58.4 Å². The number of hydrogen-bond donors (Lipinski definition) is 1. The van der Waals surface area contributed by atoms with Gasteiger partial charge in [-0.2, -0.15) is 10.2 Å². The van der Waals surface area contributed by atoms with Crippen LogP contribution in [0.25, 0.3) is 10.9 Å². The minimum Gasteiger partial charge on any atom is -0.349 e. The summed E-state index contributed by atoms with van der Waals surface area (Å²) in [5.41, 5.74) is -0.321. The van der Waals surface area contributed by atoms with Gasteiger partial charge >= 0.3 is 0 Å². The first kappa shape index (κ1) is 15.9. The van der Waals surface area contributed by atoms with Crippen LogP contribution in [0.1, 0.15) is 17.4 Å². The Morgan fingerprint density at radius 1 is 1.38 bits per heavy atom. The Bertz CT molecular complexity index is 934. The average molecular weight is 329 g/mol. The summed E-state index contributed by atoms with van der Waals surface area (Å²) in [6.45, 7) is 3.06. The number of nitrogens with zero attached hydrogens (tertiary/aromatic N) is 4. The minimum atomic E-state index is -0.583. The number of fused-ring (bicyclic) bond motifs is 1. The quantitative estimate of drug-likeness (QED) is 0.762. The summed E-state index contributed by atoms with van der Waals surface area (Å²) in [4.78, 5) is 24.7. The lowest BCUT2D eigenvalue weighted by molar-refractivity contribution is 0.0944. The van der Waals surface area contributed by atoms with Gasteiger partial charge in [-0.3, -0.25) is 19.0 Å². The first-order valence-corrected chi connectivity index (χ1v) is 7.56. The van der Waals surface area contributed by atoms with E-state index in [1.54, 1.807) is 23.1 Å². The summed E-state index contributed by atoms with van der Waals surface area (Å²) >= 11 is 0. The summed E-state index contributed by atoms with van der Waals surface area (Å²) in [5, 5.41) is 10.9. The number of aromatic nitrogens is 4. The smallest absolute Gasteiger partial charge is 0.275 e. The van der Waals surface area contributed by atoms with Crippen LogP contribution < -0.4 is 10.7 Å². The predicted molar refractivity (Wildman–Crippen MR) is 86.2 cm³/mol. The number of hydrogen-bond acceptors (Lipinski definition) is 4. The maximum Gasteiger partial charge on any atom is 0.275 e. The SMILES string of the molecule is CCn1nc(C(=O)NCCn2cccn2)c(=O)c2cc(F)ccc21. The lowest BCUT2D eigenvalue weighted by Crippen LogP contribution is -2.34. The molecule has 0 saturated carbocycles. The Hall–Kier alpha value is -3.03. The zero-order valence-electron chi connectivity index (χ0n) is 13.1. The molecule has 0 aliphatic heterocycles. The molecule has 0 aliphatic rings. The summed E-state index contributed by atoms with van der Waals surface area (Å²) in [7, 11) is 0. The van der Waals surface area contributed by atoms with E-state index in [2.05, 4.69) is 15.5 Å². The van der Waals surface area contributed by atoms with Crippen molar-refractivity contribution in [3.63, 3.8) is 0 Å². The number of amides is 1. The molecule has 124 valence electrons. The Morgan fingerprint density at radius 3 is 2.92 bits per heavy atom. The van der Waals surface area contributed by atoms with Crippen LogP contribution in [0.2, 0.25) is 0 Å². The fourth-order valence-corrected chi connectivity index (χ4v) is 2.45. The molecule has 3 aromatic rings. The van der Waals surface area contributed by atoms with Crippen LogP contribution in [0.3, 0.4) is 0 Å². The van der Waals surface area contributed by atoms with E-state index < -0.39 is 17.2 Å². The third kappa shape index (κ3) is 3.03. The van der Waals surface area contributed by atoms with Gasteiger partial charge in [-0.25, -0.2) is 4.39 Å². The average Bonchev–Trinajstić information content (AvgIpc) is 3.09. The van der Waals surface area contributed by atoms with Gasteiger partial charge in [0.1, 0.15) is 5.82 Å². The van der Waals surface area contributed by atoms with E-state index in [0.717, 1.165) is 6.07 Å². The highest BCUT2D eigenvalue weighted by Gasteiger charge is 2.17. The standard InChI is InChI=1S/C16H16FN5O2/c1-2-22-13-5-4-11(17)10-12(13)15(23)14(20-22)16(24)18-7-9-21-8-3-6-19-21/h3-6,8,10H,2,7,9H2,1H3,(H,18,24). The lowest BCUT2D eigenvalue weighted by atomic mass is 10.2. The zero-order valence-corrected chi connectivity index (χ0v) is 13.1. The first-order valence-electron chi connectivity index (χ1n) is 7.56. The molecule has 24 heavy (non-hydrogen) atoms. The third-order valence-electron chi connectivity index (χ3n) is 3.62. The van der Waals surface area contributed by atoms with Crippen molar-refractivity contribution < 1.29 is 9.18 Å². The number of benzene rings is 1. The van der Waals surface area contributed by atoms with Crippen LogP contribution in [0, 0.1) is 5.82 Å². The molecule has 1 aromatic carbocycles. The van der Waals surface area contributed by atoms with Gasteiger partial charge < -0.3 is 5.32 Å². The largest absolute Gasteiger partial charge is 0.349 e. The summed E-state index contributed by atoms with van der Waals surface area (Å²) in [6, 6.07) is 5.66. The van der Waals surface area contributed by atoms with E-state index in [9.17, 15) is 14.0 Å². The van der Waals surface area contributed by atoms with Gasteiger partial charge in [-0.1, -0.05) is 0 Å². The number of rotatable bonds is 5. The van der Waals surface area contributed by atoms with E-state index in [1.807, 2.05) is 6.92 Å². The monoisotopic (exact) mass is 329 g/mol. The van der Waals surface area contributed by atoms with Crippen LogP contribution in [-0.4, -0.2) is 32.0 Å². The molecule has 1 N–H and O–H groups in total. The molecule has 0 fully saturated rings.